The minimum absolute atomic E-state index is 0.112. The van der Waals surface area contributed by atoms with E-state index in [9.17, 15) is 9.90 Å². The summed E-state index contributed by atoms with van der Waals surface area (Å²) >= 11 is 1.50. The number of nitrogens with zero attached hydrogens (tertiary/aromatic N) is 5. The number of hydrogen-bond donors (Lipinski definition) is 1. The van der Waals surface area contributed by atoms with Gasteiger partial charge in [-0.2, -0.15) is 0 Å². The second-order valence-electron chi connectivity index (χ2n) is 9.41. The van der Waals surface area contributed by atoms with Gasteiger partial charge in [0.25, 0.3) is 0 Å². The molecule has 0 saturated heterocycles. The highest BCUT2D eigenvalue weighted by Crippen LogP contribution is 2.46. The number of carbonyl (C=O) groups is 1. The fourth-order valence-corrected chi connectivity index (χ4v) is 5.86. The Bertz CT molecular complexity index is 1750. The molecule has 0 bridgehead atoms. The lowest BCUT2D eigenvalue weighted by atomic mass is 10.1. The first kappa shape index (κ1) is 24.8. The van der Waals surface area contributed by atoms with Crippen molar-refractivity contribution >= 4 is 44.4 Å². The molecule has 6 rings (SSSR count). The highest BCUT2D eigenvalue weighted by atomic mass is 32.1. The summed E-state index contributed by atoms with van der Waals surface area (Å²) in [5.74, 6) is 1.64. The van der Waals surface area contributed by atoms with E-state index in [2.05, 4.69) is 21.0 Å². The third kappa shape index (κ3) is 4.54. The summed E-state index contributed by atoms with van der Waals surface area (Å²) in [5, 5.41) is 10.6. The van der Waals surface area contributed by atoms with Gasteiger partial charge >= 0.3 is 6.09 Å². The maximum absolute atomic E-state index is 12.0. The van der Waals surface area contributed by atoms with Gasteiger partial charge in [0, 0.05) is 17.5 Å². The Hall–Kier alpha value is -4.51. The van der Waals surface area contributed by atoms with Crippen LogP contribution in [0.4, 0.5) is 10.5 Å². The first-order chi connectivity index (χ1) is 18.8. The van der Waals surface area contributed by atoms with Gasteiger partial charge < -0.3 is 19.3 Å². The van der Waals surface area contributed by atoms with Crippen molar-refractivity contribution in [3.05, 3.63) is 59.5 Å². The van der Waals surface area contributed by atoms with Gasteiger partial charge in [-0.3, -0.25) is 9.88 Å². The molecular formula is C28H25N5O5S. The number of aryl methyl sites for hydroxylation is 3. The van der Waals surface area contributed by atoms with Gasteiger partial charge in [-0.05, 0) is 62.2 Å². The molecule has 1 aliphatic heterocycles. The Morgan fingerprint density at radius 3 is 2.77 bits per heavy atom. The minimum atomic E-state index is -1.07. The Labute approximate surface area is 227 Å². The molecule has 0 spiro atoms. The highest BCUT2D eigenvalue weighted by Gasteiger charge is 2.29. The first-order valence-electron chi connectivity index (χ1n) is 12.3. The number of amides is 1. The number of fused-ring (bicyclic) bond motifs is 4. The lowest BCUT2D eigenvalue weighted by Gasteiger charge is -2.30. The van der Waals surface area contributed by atoms with Gasteiger partial charge in [0.05, 0.1) is 42.1 Å². The molecule has 0 saturated carbocycles. The molecule has 0 aliphatic carbocycles. The van der Waals surface area contributed by atoms with Gasteiger partial charge in [-0.1, -0.05) is 0 Å². The smallest absolute Gasteiger partial charge is 0.411 e. The number of anilines is 1. The van der Waals surface area contributed by atoms with Crippen LogP contribution in [0.1, 0.15) is 16.8 Å². The van der Waals surface area contributed by atoms with E-state index in [-0.39, 0.29) is 13.2 Å². The van der Waals surface area contributed by atoms with Crippen LogP contribution in [0.5, 0.6) is 17.4 Å². The maximum atomic E-state index is 12.0. The van der Waals surface area contributed by atoms with Crippen molar-refractivity contribution in [1.29, 1.82) is 0 Å². The number of ether oxygens (including phenoxy) is 3. The monoisotopic (exact) mass is 543 g/mol. The highest BCUT2D eigenvalue weighted by molar-refractivity contribution is 7.22. The molecule has 4 heterocycles. The van der Waals surface area contributed by atoms with E-state index >= 15 is 0 Å². The molecule has 5 aromatic rings. The average molecular weight is 544 g/mol. The van der Waals surface area contributed by atoms with Crippen molar-refractivity contribution in [1.82, 2.24) is 19.9 Å². The van der Waals surface area contributed by atoms with Crippen LogP contribution in [0, 0.1) is 20.8 Å². The van der Waals surface area contributed by atoms with Crippen LogP contribution in [-0.2, 0) is 0 Å². The first-order valence-corrected chi connectivity index (χ1v) is 13.1. The third-order valence-electron chi connectivity index (χ3n) is 6.50. The number of benzene rings is 2. The van der Waals surface area contributed by atoms with Crippen molar-refractivity contribution in [2.24, 2.45) is 0 Å². The SMILES string of the molecule is COc1cnc2c(-c3nc4c(C)cc5c(c4s3)OC[C@@H](CN(C(=O)O)c3ccnc(C)c3)O5)cc(C)cc2n1. The van der Waals surface area contributed by atoms with Crippen LogP contribution >= 0.6 is 11.3 Å². The van der Waals surface area contributed by atoms with Crippen LogP contribution in [0.3, 0.4) is 0 Å². The third-order valence-corrected chi connectivity index (χ3v) is 7.59. The van der Waals surface area contributed by atoms with Crippen LogP contribution in [0.25, 0.3) is 31.8 Å². The molecule has 39 heavy (non-hydrogen) atoms. The van der Waals surface area contributed by atoms with Crippen LogP contribution in [0.2, 0.25) is 0 Å². The van der Waals surface area contributed by atoms with E-state index in [1.165, 1.54) is 16.2 Å². The van der Waals surface area contributed by atoms with Gasteiger partial charge in [-0.15, -0.1) is 11.3 Å². The Kier molecular flexibility index (Phi) is 6.15. The predicted molar refractivity (Wildman–Crippen MR) is 148 cm³/mol. The Morgan fingerprint density at radius 2 is 2.00 bits per heavy atom. The summed E-state index contributed by atoms with van der Waals surface area (Å²) in [6.07, 6.45) is 1.64. The average Bonchev–Trinajstić information content (AvgIpc) is 3.37. The van der Waals surface area contributed by atoms with Crippen LogP contribution in [0.15, 0.2) is 42.7 Å². The van der Waals surface area contributed by atoms with Crippen LogP contribution < -0.4 is 19.1 Å². The van der Waals surface area contributed by atoms with Crippen molar-refractivity contribution in [3.8, 4) is 28.0 Å². The zero-order chi connectivity index (χ0) is 27.3. The molecule has 3 aromatic heterocycles. The van der Waals surface area contributed by atoms with Gasteiger partial charge in [0.15, 0.2) is 17.6 Å². The topological polar surface area (TPSA) is 120 Å². The van der Waals surface area contributed by atoms with E-state index in [0.29, 0.717) is 23.1 Å². The van der Waals surface area contributed by atoms with E-state index in [4.69, 9.17) is 19.2 Å². The quantitative estimate of drug-likeness (QED) is 0.304. The van der Waals surface area contributed by atoms with Crippen molar-refractivity contribution in [2.75, 3.05) is 25.2 Å². The lowest BCUT2D eigenvalue weighted by Crippen LogP contribution is -2.43. The second-order valence-corrected chi connectivity index (χ2v) is 10.4. The van der Waals surface area contributed by atoms with Gasteiger partial charge in [-0.25, -0.2) is 19.7 Å². The number of rotatable bonds is 5. The summed E-state index contributed by atoms with van der Waals surface area (Å²) in [4.78, 5) is 31.5. The van der Waals surface area contributed by atoms with E-state index in [0.717, 1.165) is 48.6 Å². The summed E-state index contributed by atoms with van der Waals surface area (Å²) in [6.45, 7) is 6.11. The molecular weight excluding hydrogens is 518 g/mol. The molecule has 1 aliphatic rings. The van der Waals surface area contributed by atoms with Gasteiger partial charge in [0.2, 0.25) is 5.88 Å². The molecule has 0 unspecified atom stereocenters. The van der Waals surface area contributed by atoms with Crippen molar-refractivity contribution < 1.29 is 24.1 Å². The fourth-order valence-electron chi connectivity index (χ4n) is 4.71. The molecule has 0 fully saturated rings. The lowest BCUT2D eigenvalue weighted by molar-refractivity contribution is 0.0961. The molecule has 1 amide bonds. The number of methoxy groups -OCH3 is 1. The minimum Gasteiger partial charge on any atom is -0.484 e. The number of pyridine rings is 1. The van der Waals surface area contributed by atoms with Crippen molar-refractivity contribution in [2.45, 2.75) is 26.9 Å². The van der Waals surface area contributed by atoms with Crippen LogP contribution in [-0.4, -0.2) is 57.5 Å². The number of hydrogen-bond acceptors (Lipinski definition) is 9. The second kappa shape index (κ2) is 9.66. The normalized spacial score (nSPS) is 14.5. The molecule has 0 radical (unpaired) electrons. The van der Waals surface area contributed by atoms with E-state index in [1.54, 1.807) is 31.6 Å². The molecule has 1 N–H and O–H groups in total. The van der Waals surface area contributed by atoms with E-state index in [1.807, 2.05) is 32.9 Å². The molecule has 198 valence electrons. The largest absolute Gasteiger partial charge is 0.484 e. The molecule has 11 heteroatoms. The summed E-state index contributed by atoms with van der Waals surface area (Å²) in [5.41, 5.74) is 6.42. The van der Waals surface area contributed by atoms with Crippen molar-refractivity contribution in [3.63, 3.8) is 0 Å². The predicted octanol–water partition coefficient (Wildman–Crippen LogP) is 5.56. The fraction of sp³-hybridized carbons (Fsp3) is 0.250. The van der Waals surface area contributed by atoms with E-state index < -0.39 is 12.2 Å². The Balaban J connectivity index is 1.35. The summed E-state index contributed by atoms with van der Waals surface area (Å²) in [7, 11) is 1.57. The molecule has 1 atom stereocenters. The number of thiazole rings is 1. The van der Waals surface area contributed by atoms with Gasteiger partial charge in [0.1, 0.15) is 16.3 Å². The molecule has 2 aromatic carbocycles. The zero-order valence-corrected chi connectivity index (χ0v) is 22.6. The summed E-state index contributed by atoms with van der Waals surface area (Å²) < 4.78 is 18.6. The zero-order valence-electron chi connectivity index (χ0n) is 21.8. The number of aromatic nitrogens is 4. The number of carboxylic acid groups (broad SMARTS) is 1. The maximum Gasteiger partial charge on any atom is 0.411 e. The standard InChI is InChI=1S/C28H25N5O5S/c1-14-7-19(24-20(8-14)31-22(36-4)11-30-24)27-32-23-15(2)9-21-25(26(23)39-27)37-13-18(38-21)12-33(28(34)35)17-5-6-29-16(3)10-17/h5-11,18H,12-13H2,1-4H3,(H,34,35)/t18-/m1/s1. The molecule has 10 nitrogen and oxygen atoms in total. The summed E-state index contributed by atoms with van der Waals surface area (Å²) in [6, 6.07) is 9.32. The Morgan fingerprint density at radius 1 is 1.15 bits per heavy atom.